The van der Waals surface area contributed by atoms with Gasteiger partial charge in [0.1, 0.15) is 23.4 Å². The number of fused-ring (bicyclic) bond motifs is 7. The van der Waals surface area contributed by atoms with Crippen LogP contribution in [0.5, 0.6) is 28.7 Å². The Bertz CT molecular complexity index is 1740. The smallest absolute Gasteiger partial charge is 0.408 e. The van der Waals surface area contributed by atoms with E-state index in [0.29, 0.717) is 23.6 Å². The molecule has 0 saturated carbocycles. The van der Waals surface area contributed by atoms with E-state index in [1.54, 1.807) is 34.0 Å². The molecule has 3 heterocycles. The fourth-order valence-electron chi connectivity index (χ4n) is 7.20. The molecule has 1 fully saturated rings. The second-order valence-corrected chi connectivity index (χ2v) is 13.7. The molecular weight excluding hydrogens is 634 g/mol. The second-order valence-electron chi connectivity index (χ2n) is 13.7. The number of ether oxygens (including phenoxy) is 4. The van der Waals surface area contributed by atoms with Crippen LogP contribution >= 0.6 is 0 Å². The van der Waals surface area contributed by atoms with Crippen molar-refractivity contribution in [3.05, 3.63) is 45.1 Å². The summed E-state index contributed by atoms with van der Waals surface area (Å²) in [7, 11) is 5.00. The van der Waals surface area contributed by atoms with Crippen molar-refractivity contribution in [2.75, 3.05) is 34.6 Å². The summed E-state index contributed by atoms with van der Waals surface area (Å²) in [6.07, 6.45) is 1.42. The Morgan fingerprint density at radius 3 is 2.41 bits per heavy atom. The van der Waals surface area contributed by atoms with Crippen molar-refractivity contribution in [1.29, 1.82) is 5.26 Å². The number of likely N-dealkylation sites (N-methyl/N-ethyl adjacent to an activating group) is 1. The van der Waals surface area contributed by atoms with Gasteiger partial charge in [0, 0.05) is 47.6 Å². The number of amides is 2. The van der Waals surface area contributed by atoms with Gasteiger partial charge in [0.05, 0.1) is 25.3 Å². The number of rotatable bonds is 8. The minimum Gasteiger partial charge on any atom is -0.507 e. The summed E-state index contributed by atoms with van der Waals surface area (Å²) in [6, 6.07) is 0.920. The summed E-state index contributed by atoms with van der Waals surface area (Å²) in [5.74, 6) is -0.759. The third-order valence-electron chi connectivity index (χ3n) is 9.37. The van der Waals surface area contributed by atoms with Gasteiger partial charge in [-0.25, -0.2) is 4.79 Å². The fraction of sp³-hybridized carbons (Fsp3) is 0.514. The van der Waals surface area contributed by atoms with E-state index in [-0.39, 0.29) is 41.8 Å². The largest absolute Gasteiger partial charge is 0.507 e. The van der Waals surface area contributed by atoms with Crippen molar-refractivity contribution in [2.45, 2.75) is 83.8 Å². The van der Waals surface area contributed by atoms with Gasteiger partial charge in [0.15, 0.2) is 29.8 Å². The Kier molecular flexibility index (Phi) is 9.55. The van der Waals surface area contributed by atoms with E-state index in [9.17, 15) is 30.2 Å². The molecule has 5 N–H and O–H groups in total. The van der Waals surface area contributed by atoms with E-state index in [1.807, 2.05) is 24.9 Å². The van der Waals surface area contributed by atoms with E-state index in [0.717, 1.165) is 16.7 Å². The predicted molar refractivity (Wildman–Crippen MR) is 178 cm³/mol. The van der Waals surface area contributed by atoms with Crippen LogP contribution in [0.15, 0.2) is 11.8 Å². The molecular formula is C35H45N5O9. The molecule has 5 rings (SSSR count). The monoisotopic (exact) mass is 679 g/mol. The Morgan fingerprint density at radius 1 is 1.10 bits per heavy atom. The van der Waals surface area contributed by atoms with Gasteiger partial charge in [-0.2, -0.15) is 5.26 Å². The summed E-state index contributed by atoms with van der Waals surface area (Å²) in [4.78, 5) is 29.7. The van der Waals surface area contributed by atoms with Gasteiger partial charge in [-0.15, -0.1) is 0 Å². The molecule has 1 saturated heterocycles. The standard InChI is InChI=1S/C35H45N5O9/c1-16-10-19-11-21-23(13-36)40-22(27(39(21)7)25(19)32(31(16)47-9)48-15-46-8)12-20-26(30(43)29(42)17(2)28(20)41)24(40)14-37-33(44)18(3)38-34(45)49-35(4,5)6/h10,12,18,21,23-24,27,41-43H,11,14-15H2,1-9H3,(H,37,44)(H,38,45)/t18-,21+,23+,24+,27+/m1/s1. The quantitative estimate of drug-likeness (QED) is 0.155. The van der Waals surface area contributed by atoms with Gasteiger partial charge in [0.25, 0.3) is 0 Å². The van der Waals surface area contributed by atoms with Crippen molar-refractivity contribution < 1.29 is 43.9 Å². The highest BCUT2D eigenvalue weighted by Crippen LogP contribution is 2.58. The number of benzene rings is 2. The highest BCUT2D eigenvalue weighted by molar-refractivity contribution is 5.85. The molecule has 49 heavy (non-hydrogen) atoms. The zero-order chi connectivity index (χ0) is 36.1. The fourth-order valence-corrected chi connectivity index (χ4v) is 7.20. The molecule has 0 spiro atoms. The molecule has 14 nitrogen and oxygen atoms in total. The highest BCUT2D eigenvalue weighted by Gasteiger charge is 2.53. The van der Waals surface area contributed by atoms with Gasteiger partial charge < -0.3 is 49.8 Å². The molecule has 2 amide bonds. The molecule has 2 aromatic carbocycles. The lowest BCUT2D eigenvalue weighted by Gasteiger charge is -2.57. The van der Waals surface area contributed by atoms with Gasteiger partial charge in [-0.1, -0.05) is 6.07 Å². The molecule has 0 radical (unpaired) electrons. The molecule has 0 aromatic heterocycles. The number of carbonyl (C=O) groups is 2. The SMILES string of the molecule is COCOc1c(OC)c(C)cc2c1[C@@H]1C3=Cc4c(O)c(C)c(O)c(O)c4[C@H](CNC(=O)[C@@H](C)NC(=O)OC(C)(C)C)N3[C@@H](C#N)[C@H](C2)N1C. The zero-order valence-electron chi connectivity index (χ0n) is 29.3. The summed E-state index contributed by atoms with van der Waals surface area (Å²) >= 11 is 0. The Balaban J connectivity index is 1.65. The van der Waals surface area contributed by atoms with E-state index in [2.05, 4.69) is 21.6 Å². The number of nitriles is 1. The van der Waals surface area contributed by atoms with E-state index < -0.39 is 53.3 Å². The summed E-state index contributed by atoms with van der Waals surface area (Å²) < 4.78 is 22.5. The number of aryl methyl sites for hydroxylation is 1. The Morgan fingerprint density at radius 2 is 1.80 bits per heavy atom. The minimum atomic E-state index is -0.997. The Hall–Kier alpha value is -4.87. The van der Waals surface area contributed by atoms with Gasteiger partial charge in [-0.3, -0.25) is 9.69 Å². The molecule has 3 aliphatic rings. The zero-order valence-corrected chi connectivity index (χ0v) is 29.3. The summed E-state index contributed by atoms with van der Waals surface area (Å²) in [5, 5.41) is 49.7. The number of nitrogens with zero attached hydrogens (tertiary/aromatic N) is 3. The normalized spacial score (nSPS) is 21.6. The molecule has 14 heteroatoms. The first-order valence-electron chi connectivity index (χ1n) is 16.0. The number of aromatic hydroxyl groups is 3. The maximum Gasteiger partial charge on any atom is 0.408 e. The van der Waals surface area contributed by atoms with Crippen LogP contribution in [0.25, 0.3) is 6.08 Å². The van der Waals surface area contributed by atoms with E-state index in [1.165, 1.54) is 21.0 Å². The highest BCUT2D eigenvalue weighted by atomic mass is 16.7. The molecule has 2 aromatic rings. The first-order valence-corrected chi connectivity index (χ1v) is 16.0. The topological polar surface area (TPSA) is 186 Å². The van der Waals surface area contributed by atoms with Crippen LogP contribution in [0.3, 0.4) is 0 Å². The number of piperazine rings is 1. The van der Waals surface area contributed by atoms with Crippen molar-refractivity contribution in [2.24, 2.45) is 0 Å². The molecule has 5 atom stereocenters. The van der Waals surface area contributed by atoms with Crippen LogP contribution in [-0.4, -0.2) is 95.5 Å². The lowest BCUT2D eigenvalue weighted by Crippen LogP contribution is -2.62. The van der Waals surface area contributed by atoms with Crippen LogP contribution in [0.2, 0.25) is 0 Å². The third-order valence-corrected chi connectivity index (χ3v) is 9.37. The first kappa shape index (κ1) is 35.4. The second kappa shape index (κ2) is 13.2. The summed E-state index contributed by atoms with van der Waals surface area (Å²) in [6.45, 7) is 9.84. The summed E-state index contributed by atoms with van der Waals surface area (Å²) in [5.41, 5.74) is 2.92. The molecule has 2 bridgehead atoms. The van der Waals surface area contributed by atoms with Gasteiger partial charge in [0.2, 0.25) is 5.91 Å². The van der Waals surface area contributed by atoms with Crippen LogP contribution in [0.1, 0.15) is 73.2 Å². The van der Waals surface area contributed by atoms with E-state index in [4.69, 9.17) is 18.9 Å². The van der Waals surface area contributed by atoms with Gasteiger partial charge in [-0.05, 0) is 72.2 Å². The average Bonchev–Trinajstić information content (AvgIpc) is 3.03. The number of carbonyl (C=O) groups excluding carboxylic acids is 2. The number of hydrogen-bond donors (Lipinski definition) is 5. The predicted octanol–water partition coefficient (Wildman–Crippen LogP) is 3.64. The number of hydrogen-bond acceptors (Lipinski definition) is 12. The maximum absolute atomic E-state index is 13.4. The molecule has 264 valence electrons. The number of phenolic OH excluding ortho intramolecular Hbond substituents is 3. The van der Waals surface area contributed by atoms with E-state index >= 15 is 0 Å². The maximum atomic E-state index is 13.4. The average molecular weight is 680 g/mol. The molecule has 0 unspecified atom stereocenters. The van der Waals surface area contributed by atoms with Crippen LogP contribution in [0.4, 0.5) is 4.79 Å². The van der Waals surface area contributed by atoms with Crippen LogP contribution < -0.4 is 20.1 Å². The van der Waals surface area contributed by atoms with Crippen LogP contribution in [0, 0.1) is 25.2 Å². The lowest BCUT2D eigenvalue weighted by molar-refractivity contribution is -0.123. The lowest BCUT2D eigenvalue weighted by atomic mass is 9.75. The van der Waals surface area contributed by atoms with Crippen molar-refractivity contribution in [1.82, 2.24) is 20.4 Å². The van der Waals surface area contributed by atoms with Crippen molar-refractivity contribution in [3.8, 4) is 34.8 Å². The number of nitrogens with one attached hydrogen (secondary N) is 2. The molecule has 0 aliphatic carbocycles. The minimum absolute atomic E-state index is 0.0458. The van der Waals surface area contributed by atoms with Crippen molar-refractivity contribution >= 4 is 18.1 Å². The Labute approximate surface area is 285 Å². The number of alkyl carbamates (subject to hydrolysis) is 1. The first-order chi connectivity index (χ1) is 23.1. The number of phenols is 3. The third kappa shape index (κ3) is 6.13. The van der Waals surface area contributed by atoms with Crippen LogP contribution in [-0.2, 0) is 20.7 Å². The molecule has 3 aliphatic heterocycles. The van der Waals surface area contributed by atoms with Crippen molar-refractivity contribution in [3.63, 3.8) is 0 Å². The number of methoxy groups -OCH3 is 2. The van der Waals surface area contributed by atoms with Gasteiger partial charge >= 0.3 is 6.09 Å².